The fraction of sp³-hybridized carbons (Fsp3) is 0.314. The van der Waals surface area contributed by atoms with Crippen molar-refractivity contribution in [2.45, 2.75) is 44.7 Å². The Kier molecular flexibility index (Phi) is 9.34. The molecular weight excluding hydrogens is 585 g/mol. The molecule has 0 saturated carbocycles. The third-order valence-electron chi connectivity index (χ3n) is 8.36. The maximum absolute atomic E-state index is 14.4. The number of nitrogens with zero attached hydrogens (tertiary/aromatic N) is 1. The zero-order chi connectivity index (χ0) is 32.3. The number of methoxy groups -OCH3 is 2. The number of ether oxygens (including phenoxy) is 2. The van der Waals surface area contributed by atoms with Gasteiger partial charge in [-0.05, 0) is 46.5 Å². The molecule has 5 rings (SSSR count). The Balaban J connectivity index is 1.51. The van der Waals surface area contributed by atoms with E-state index in [1.54, 1.807) is 39.3 Å². The first kappa shape index (κ1) is 31.8. The van der Waals surface area contributed by atoms with Crippen LogP contribution in [0.1, 0.15) is 39.9 Å². The van der Waals surface area contributed by atoms with Crippen molar-refractivity contribution < 1.29 is 37.3 Å². The van der Waals surface area contributed by atoms with Crippen molar-refractivity contribution in [3.63, 3.8) is 0 Å². The molecule has 1 saturated heterocycles. The standard InChI is InChI=1S/C35H35F3N2O5/c1-21-7-4-12-27(36)30(21)33(41)39-28(34(42)43)19-22-8-5-10-25-24(22)9-6-11-26(25)31-29(44-2)14-13-23(32(31)45-3)20-40-17-15-35(37,38)16-18-40/h4-14,28H,15-20H2,1-3H3,(H,39,41)(H,42,43)/t28-/m0/s1. The maximum Gasteiger partial charge on any atom is 0.326 e. The molecule has 1 fully saturated rings. The van der Waals surface area contributed by atoms with Gasteiger partial charge in [0.15, 0.2) is 0 Å². The fourth-order valence-corrected chi connectivity index (χ4v) is 6.01. The topological polar surface area (TPSA) is 88.1 Å². The highest BCUT2D eigenvalue weighted by atomic mass is 19.3. The molecule has 2 N–H and O–H groups in total. The highest BCUT2D eigenvalue weighted by Gasteiger charge is 2.34. The number of halogens is 3. The first-order chi connectivity index (χ1) is 21.5. The quantitative estimate of drug-likeness (QED) is 0.207. The number of fused-ring (bicyclic) bond motifs is 1. The number of hydrogen-bond acceptors (Lipinski definition) is 5. The molecule has 1 aliphatic heterocycles. The molecule has 0 spiro atoms. The Labute approximate surface area is 259 Å². The zero-order valence-corrected chi connectivity index (χ0v) is 25.3. The molecule has 1 heterocycles. The summed E-state index contributed by atoms with van der Waals surface area (Å²) in [5.41, 5.74) is 3.14. The van der Waals surface area contributed by atoms with Crippen molar-refractivity contribution in [2.75, 3.05) is 27.3 Å². The van der Waals surface area contributed by atoms with Gasteiger partial charge in [0, 0.05) is 44.5 Å². The van der Waals surface area contributed by atoms with Crippen LogP contribution < -0.4 is 14.8 Å². The monoisotopic (exact) mass is 620 g/mol. The number of carboxylic acids is 1. The van der Waals surface area contributed by atoms with Crippen LogP contribution in [-0.2, 0) is 17.8 Å². The van der Waals surface area contributed by atoms with Crippen molar-refractivity contribution in [3.05, 3.63) is 94.8 Å². The highest BCUT2D eigenvalue weighted by molar-refractivity contribution is 6.02. The number of benzene rings is 4. The number of piperidine rings is 1. The van der Waals surface area contributed by atoms with E-state index >= 15 is 0 Å². The molecule has 0 unspecified atom stereocenters. The van der Waals surface area contributed by atoms with E-state index in [0.29, 0.717) is 34.7 Å². The Morgan fingerprint density at radius 1 is 0.933 bits per heavy atom. The summed E-state index contributed by atoms with van der Waals surface area (Å²) in [6, 6.07) is 17.7. The van der Waals surface area contributed by atoms with Gasteiger partial charge in [-0.1, -0.05) is 54.6 Å². The number of carbonyl (C=O) groups excluding carboxylic acids is 1. The molecule has 4 aromatic rings. The van der Waals surface area contributed by atoms with Gasteiger partial charge in [-0.25, -0.2) is 18.0 Å². The molecule has 4 aromatic carbocycles. The largest absolute Gasteiger partial charge is 0.496 e. The molecule has 236 valence electrons. The van der Waals surface area contributed by atoms with Crippen LogP contribution in [0.25, 0.3) is 21.9 Å². The maximum atomic E-state index is 14.4. The lowest BCUT2D eigenvalue weighted by Crippen LogP contribution is -2.42. The Morgan fingerprint density at radius 2 is 1.62 bits per heavy atom. The van der Waals surface area contributed by atoms with E-state index in [1.807, 2.05) is 41.3 Å². The summed E-state index contributed by atoms with van der Waals surface area (Å²) in [5, 5.41) is 14.1. The number of hydrogen-bond donors (Lipinski definition) is 2. The van der Waals surface area contributed by atoms with Crippen molar-refractivity contribution in [2.24, 2.45) is 0 Å². The highest BCUT2D eigenvalue weighted by Crippen LogP contribution is 2.44. The summed E-state index contributed by atoms with van der Waals surface area (Å²) in [5.74, 6) is -4.32. The van der Waals surface area contributed by atoms with Gasteiger partial charge in [0.2, 0.25) is 0 Å². The van der Waals surface area contributed by atoms with Crippen molar-refractivity contribution >= 4 is 22.6 Å². The summed E-state index contributed by atoms with van der Waals surface area (Å²) >= 11 is 0. The number of amides is 1. The third-order valence-corrected chi connectivity index (χ3v) is 8.36. The van der Waals surface area contributed by atoms with Crippen LogP contribution in [-0.4, -0.2) is 61.2 Å². The van der Waals surface area contributed by atoms with Crippen LogP contribution in [0.4, 0.5) is 13.2 Å². The average Bonchev–Trinajstić information content (AvgIpc) is 3.01. The lowest BCUT2D eigenvalue weighted by molar-refractivity contribution is -0.139. The van der Waals surface area contributed by atoms with Crippen molar-refractivity contribution in [1.29, 1.82) is 0 Å². The number of aliphatic carboxylic acids is 1. The summed E-state index contributed by atoms with van der Waals surface area (Å²) < 4.78 is 53.7. The van der Waals surface area contributed by atoms with Crippen LogP contribution in [0.2, 0.25) is 0 Å². The molecule has 45 heavy (non-hydrogen) atoms. The second-order valence-corrected chi connectivity index (χ2v) is 11.3. The number of carbonyl (C=O) groups is 2. The first-order valence-corrected chi connectivity index (χ1v) is 14.7. The van der Waals surface area contributed by atoms with Gasteiger partial charge in [0.05, 0.1) is 25.3 Å². The van der Waals surface area contributed by atoms with Crippen LogP contribution in [0.3, 0.4) is 0 Å². The van der Waals surface area contributed by atoms with E-state index in [1.165, 1.54) is 6.07 Å². The SMILES string of the molecule is COc1ccc(CN2CCC(F)(F)CC2)c(OC)c1-c1cccc2c(C[C@H](NC(=O)c3c(C)cccc3F)C(=O)O)cccc12. The summed E-state index contributed by atoms with van der Waals surface area (Å²) in [6.07, 6.45) is -0.437. The number of alkyl halides is 2. The minimum Gasteiger partial charge on any atom is -0.496 e. The van der Waals surface area contributed by atoms with E-state index in [0.717, 1.165) is 28.0 Å². The minimum atomic E-state index is -2.65. The van der Waals surface area contributed by atoms with Crippen LogP contribution in [0.5, 0.6) is 11.5 Å². The average molecular weight is 621 g/mol. The smallest absolute Gasteiger partial charge is 0.326 e. The van der Waals surface area contributed by atoms with Gasteiger partial charge in [-0.2, -0.15) is 0 Å². The Bertz CT molecular complexity index is 1710. The third kappa shape index (κ3) is 6.76. The summed E-state index contributed by atoms with van der Waals surface area (Å²) in [4.78, 5) is 27.2. The summed E-state index contributed by atoms with van der Waals surface area (Å²) in [7, 11) is 3.11. The van der Waals surface area contributed by atoms with Crippen molar-refractivity contribution in [1.82, 2.24) is 10.2 Å². The van der Waals surface area contributed by atoms with Gasteiger partial charge in [0.1, 0.15) is 23.4 Å². The molecule has 0 bridgehead atoms. The van der Waals surface area contributed by atoms with Crippen LogP contribution in [0, 0.1) is 12.7 Å². The molecule has 1 atom stereocenters. The predicted molar refractivity (Wildman–Crippen MR) is 166 cm³/mol. The number of rotatable bonds is 10. The van der Waals surface area contributed by atoms with E-state index in [4.69, 9.17) is 9.47 Å². The zero-order valence-electron chi connectivity index (χ0n) is 25.3. The van der Waals surface area contributed by atoms with E-state index < -0.39 is 29.7 Å². The summed E-state index contributed by atoms with van der Waals surface area (Å²) in [6.45, 7) is 2.55. The number of nitrogens with one attached hydrogen (secondary N) is 1. The molecule has 0 aromatic heterocycles. The van der Waals surface area contributed by atoms with Gasteiger partial charge >= 0.3 is 5.97 Å². The van der Waals surface area contributed by atoms with Gasteiger partial charge < -0.3 is 19.9 Å². The predicted octanol–water partition coefficient (Wildman–Crippen LogP) is 6.63. The van der Waals surface area contributed by atoms with Crippen molar-refractivity contribution in [3.8, 4) is 22.6 Å². The Hall–Kier alpha value is -4.57. The minimum absolute atomic E-state index is 0.0523. The van der Waals surface area contributed by atoms with Gasteiger partial charge in [-0.15, -0.1) is 0 Å². The number of likely N-dealkylation sites (tertiary alicyclic amines) is 1. The molecule has 0 aliphatic carbocycles. The Morgan fingerprint density at radius 3 is 2.29 bits per heavy atom. The van der Waals surface area contributed by atoms with Gasteiger partial charge in [-0.3, -0.25) is 9.69 Å². The molecule has 1 aliphatic rings. The van der Waals surface area contributed by atoms with Crippen LogP contribution in [0.15, 0.2) is 66.7 Å². The van der Waals surface area contributed by atoms with E-state index in [-0.39, 0.29) is 37.9 Å². The van der Waals surface area contributed by atoms with Gasteiger partial charge in [0.25, 0.3) is 11.8 Å². The van der Waals surface area contributed by atoms with Crippen LogP contribution >= 0.6 is 0 Å². The first-order valence-electron chi connectivity index (χ1n) is 14.7. The number of aryl methyl sites for hydroxylation is 1. The second kappa shape index (κ2) is 13.2. The normalized spacial score (nSPS) is 15.4. The lowest BCUT2D eigenvalue weighted by atomic mass is 9.91. The lowest BCUT2D eigenvalue weighted by Gasteiger charge is -2.32. The molecule has 0 radical (unpaired) electrons. The molecule has 1 amide bonds. The number of carboxylic acid groups (broad SMARTS) is 1. The molecular formula is C35H35F3N2O5. The van der Waals surface area contributed by atoms with E-state index in [2.05, 4.69) is 5.32 Å². The van der Waals surface area contributed by atoms with E-state index in [9.17, 15) is 27.9 Å². The second-order valence-electron chi connectivity index (χ2n) is 11.3. The fourth-order valence-electron chi connectivity index (χ4n) is 6.01. The molecule has 7 nitrogen and oxygen atoms in total. The molecule has 10 heteroatoms.